The van der Waals surface area contributed by atoms with Crippen LogP contribution in [0.4, 0.5) is 36.4 Å². The molecule has 0 fully saturated rings. The molecule has 1 heterocycles. The number of halogens is 7. The lowest BCUT2D eigenvalue weighted by molar-refractivity contribution is -0.274. The minimum absolute atomic E-state index is 0.110. The van der Waals surface area contributed by atoms with Gasteiger partial charge in [0.1, 0.15) is 23.7 Å². The van der Waals surface area contributed by atoms with Gasteiger partial charge in [0.05, 0.1) is 11.1 Å². The fourth-order valence-corrected chi connectivity index (χ4v) is 5.12. The van der Waals surface area contributed by atoms with Crippen molar-refractivity contribution < 1.29 is 49.9 Å². The summed E-state index contributed by atoms with van der Waals surface area (Å²) in [6.45, 7) is 3.53. The predicted octanol–water partition coefficient (Wildman–Crippen LogP) is 5.96. The Morgan fingerprint density at radius 1 is 0.978 bits per heavy atom. The maximum Gasteiger partial charge on any atom is 0.573 e. The molecule has 0 radical (unpaired) electrons. The average Bonchev–Trinajstić information content (AvgIpc) is 3.08. The first-order valence-corrected chi connectivity index (χ1v) is 13.8. The topological polar surface area (TPSA) is 87.7 Å². The van der Waals surface area contributed by atoms with Gasteiger partial charge in [-0.3, -0.25) is 14.4 Å². The van der Waals surface area contributed by atoms with Crippen LogP contribution in [0.3, 0.4) is 0 Å². The molecule has 240 valence electrons. The number of carbonyl (C=O) groups is 3. The Bertz CT molecular complexity index is 1570. The largest absolute Gasteiger partial charge is 0.573 e. The zero-order chi connectivity index (χ0) is 33.1. The monoisotopic (exact) mass is 639 g/mol. The molecular formula is C31H28F7N3O4. The van der Waals surface area contributed by atoms with Gasteiger partial charge in [0.15, 0.2) is 0 Å². The normalized spacial score (nSPS) is 16.1. The number of benzene rings is 3. The molecule has 7 nitrogen and oxygen atoms in total. The van der Waals surface area contributed by atoms with Gasteiger partial charge >= 0.3 is 12.5 Å². The second-order valence-corrected chi connectivity index (χ2v) is 10.6. The Balaban J connectivity index is 1.68. The number of aryl methyl sites for hydroxylation is 1. The molecule has 0 saturated carbocycles. The Hall–Kier alpha value is -4.62. The second kappa shape index (κ2) is 13.2. The number of hydrogen-bond donors (Lipinski definition) is 2. The van der Waals surface area contributed by atoms with Crippen molar-refractivity contribution in [1.29, 1.82) is 0 Å². The number of nitrogens with zero attached hydrogens (tertiary/aromatic N) is 1. The standard InChI is InChI=1S/C31H28F7N3O4/c1-17(2)41-25-9-5-3-7-18(25)11-14-23(29(41)44)39-28(43)24(15-19-8-4-6-10-26(19)45-31(36,37)38)40-27(42)21-13-12-20(32)16-22(21)30(33,34)35/h3-10,12-13,16-17,23-24H,11,14-15H2,1-2H3,(H,39,43)(H,40,42). The van der Waals surface area contributed by atoms with Crippen molar-refractivity contribution in [1.82, 2.24) is 10.6 Å². The van der Waals surface area contributed by atoms with Gasteiger partial charge in [0.2, 0.25) is 11.8 Å². The third-order valence-electron chi connectivity index (χ3n) is 7.10. The van der Waals surface area contributed by atoms with Gasteiger partial charge in [0.25, 0.3) is 5.91 Å². The number of hydrogen-bond acceptors (Lipinski definition) is 4. The first kappa shape index (κ1) is 33.3. The summed E-state index contributed by atoms with van der Waals surface area (Å²) in [6, 6.07) is 9.86. The lowest BCUT2D eigenvalue weighted by atomic mass is 10.0. The molecule has 0 aliphatic carbocycles. The lowest BCUT2D eigenvalue weighted by Gasteiger charge is -2.30. The summed E-state index contributed by atoms with van der Waals surface area (Å²) in [6.07, 6.45) is -10.5. The van der Waals surface area contributed by atoms with Gasteiger partial charge in [-0.1, -0.05) is 36.4 Å². The van der Waals surface area contributed by atoms with E-state index >= 15 is 0 Å². The molecule has 0 aromatic heterocycles. The highest BCUT2D eigenvalue weighted by atomic mass is 19.4. The van der Waals surface area contributed by atoms with E-state index in [-0.39, 0.29) is 24.1 Å². The van der Waals surface area contributed by atoms with Crippen molar-refractivity contribution in [2.75, 3.05) is 4.90 Å². The number of rotatable bonds is 8. The zero-order valence-corrected chi connectivity index (χ0v) is 23.9. The van der Waals surface area contributed by atoms with E-state index in [2.05, 4.69) is 15.4 Å². The molecule has 4 rings (SSSR count). The van der Waals surface area contributed by atoms with E-state index in [4.69, 9.17) is 0 Å². The van der Waals surface area contributed by atoms with Crippen LogP contribution in [0.2, 0.25) is 0 Å². The number of ether oxygens (including phenoxy) is 1. The first-order chi connectivity index (χ1) is 21.0. The molecule has 2 unspecified atom stereocenters. The van der Waals surface area contributed by atoms with Crippen LogP contribution >= 0.6 is 0 Å². The second-order valence-electron chi connectivity index (χ2n) is 10.6. The van der Waals surface area contributed by atoms with E-state index < -0.39 is 71.5 Å². The molecule has 1 aliphatic rings. The van der Waals surface area contributed by atoms with Crippen molar-refractivity contribution in [3.8, 4) is 5.75 Å². The molecule has 0 bridgehead atoms. The first-order valence-electron chi connectivity index (χ1n) is 13.8. The number of amides is 3. The van der Waals surface area contributed by atoms with Gasteiger partial charge in [0, 0.05) is 18.2 Å². The van der Waals surface area contributed by atoms with E-state index in [0.29, 0.717) is 24.2 Å². The van der Waals surface area contributed by atoms with Gasteiger partial charge in [-0.25, -0.2) is 4.39 Å². The van der Waals surface area contributed by atoms with E-state index in [9.17, 15) is 45.1 Å². The van der Waals surface area contributed by atoms with Crippen molar-refractivity contribution in [2.24, 2.45) is 0 Å². The highest BCUT2D eigenvalue weighted by Gasteiger charge is 2.38. The van der Waals surface area contributed by atoms with Crippen molar-refractivity contribution in [2.45, 2.75) is 63.8 Å². The van der Waals surface area contributed by atoms with Crippen LogP contribution in [-0.2, 0) is 28.6 Å². The smallest absolute Gasteiger partial charge is 0.406 e. The van der Waals surface area contributed by atoms with Crippen LogP contribution in [0.1, 0.15) is 47.3 Å². The van der Waals surface area contributed by atoms with Crippen LogP contribution in [-0.4, -0.2) is 42.2 Å². The summed E-state index contributed by atoms with van der Waals surface area (Å²) in [5.41, 5.74) is -1.39. The molecule has 1 aliphatic heterocycles. The minimum atomic E-state index is -5.15. The third kappa shape index (κ3) is 8.11. The molecule has 3 amide bonds. The molecular weight excluding hydrogens is 611 g/mol. The Kier molecular flexibility index (Phi) is 9.74. The number of para-hydroxylation sites is 2. The van der Waals surface area contributed by atoms with Crippen LogP contribution in [0, 0.1) is 5.82 Å². The van der Waals surface area contributed by atoms with Crippen molar-refractivity contribution >= 4 is 23.4 Å². The Morgan fingerprint density at radius 2 is 1.64 bits per heavy atom. The van der Waals surface area contributed by atoms with Crippen LogP contribution < -0.4 is 20.3 Å². The molecule has 2 atom stereocenters. The van der Waals surface area contributed by atoms with Gasteiger partial charge < -0.3 is 20.3 Å². The van der Waals surface area contributed by atoms with Crippen LogP contribution in [0.25, 0.3) is 0 Å². The molecule has 3 aromatic rings. The van der Waals surface area contributed by atoms with Gasteiger partial charge in [-0.15, -0.1) is 13.2 Å². The van der Waals surface area contributed by atoms with E-state index in [1.54, 1.807) is 32.0 Å². The molecule has 45 heavy (non-hydrogen) atoms. The predicted molar refractivity (Wildman–Crippen MR) is 149 cm³/mol. The maximum absolute atomic E-state index is 13.7. The summed E-state index contributed by atoms with van der Waals surface area (Å²) in [7, 11) is 0. The summed E-state index contributed by atoms with van der Waals surface area (Å²) in [5, 5.41) is 4.68. The van der Waals surface area contributed by atoms with E-state index in [1.807, 2.05) is 6.07 Å². The van der Waals surface area contributed by atoms with Crippen LogP contribution in [0.15, 0.2) is 66.7 Å². The molecule has 0 spiro atoms. The average molecular weight is 640 g/mol. The summed E-state index contributed by atoms with van der Waals surface area (Å²) >= 11 is 0. The quantitative estimate of drug-likeness (QED) is 0.298. The summed E-state index contributed by atoms with van der Waals surface area (Å²) in [4.78, 5) is 41.9. The number of nitrogens with one attached hydrogen (secondary N) is 2. The highest BCUT2D eigenvalue weighted by molar-refractivity contribution is 6.03. The number of carbonyl (C=O) groups excluding carboxylic acids is 3. The lowest BCUT2D eigenvalue weighted by Crippen LogP contribution is -2.55. The van der Waals surface area contributed by atoms with E-state index in [0.717, 1.165) is 11.6 Å². The van der Waals surface area contributed by atoms with Crippen molar-refractivity contribution in [3.63, 3.8) is 0 Å². The molecule has 2 N–H and O–H groups in total. The number of fused-ring (bicyclic) bond motifs is 1. The zero-order valence-electron chi connectivity index (χ0n) is 23.9. The molecule has 14 heteroatoms. The molecule has 3 aromatic carbocycles. The fraction of sp³-hybridized carbons (Fsp3) is 0.323. The van der Waals surface area contributed by atoms with Crippen LogP contribution in [0.5, 0.6) is 5.75 Å². The minimum Gasteiger partial charge on any atom is -0.406 e. The summed E-state index contributed by atoms with van der Waals surface area (Å²) in [5.74, 6) is -4.96. The third-order valence-corrected chi connectivity index (χ3v) is 7.10. The van der Waals surface area contributed by atoms with Gasteiger partial charge in [-0.2, -0.15) is 13.2 Å². The fourth-order valence-electron chi connectivity index (χ4n) is 5.12. The Morgan fingerprint density at radius 3 is 2.31 bits per heavy atom. The van der Waals surface area contributed by atoms with E-state index in [1.165, 1.54) is 23.1 Å². The SMILES string of the molecule is CC(C)N1C(=O)C(NC(=O)C(Cc2ccccc2OC(F)(F)F)NC(=O)c2ccc(F)cc2C(F)(F)F)CCc2ccccc21. The maximum atomic E-state index is 13.7. The van der Waals surface area contributed by atoms with Crippen molar-refractivity contribution in [3.05, 3.63) is 94.8 Å². The van der Waals surface area contributed by atoms with Gasteiger partial charge in [-0.05, 0) is 68.1 Å². The number of anilines is 1. The highest BCUT2D eigenvalue weighted by Crippen LogP contribution is 2.33. The molecule has 0 saturated heterocycles. The summed E-state index contributed by atoms with van der Waals surface area (Å²) < 4.78 is 98.0. The number of alkyl halides is 6. The Labute approximate surface area is 253 Å².